The number of carbonyl (C=O) groups excluding carboxylic acids is 1. The van der Waals surface area contributed by atoms with Crippen LogP contribution in [-0.2, 0) is 11.2 Å². The number of piperazine rings is 1. The van der Waals surface area contributed by atoms with Crippen molar-refractivity contribution in [3.05, 3.63) is 23.4 Å². The second-order valence-electron chi connectivity index (χ2n) is 8.55. The number of alkyl halides is 3. The number of aliphatic hydroxyl groups is 1. The summed E-state index contributed by atoms with van der Waals surface area (Å²) in [6.45, 7) is 8.27. The topological polar surface area (TPSA) is 65.9 Å². The number of nitrogens with zero attached hydrogens (tertiary/aromatic N) is 3. The van der Waals surface area contributed by atoms with Gasteiger partial charge in [0.25, 0.3) is 0 Å². The maximum absolute atomic E-state index is 12.6. The molecule has 1 saturated heterocycles. The number of ether oxygens (including phenoxy) is 1. The number of rotatable bonds is 2. The van der Waals surface area contributed by atoms with Crippen LogP contribution in [0.15, 0.2) is 12.1 Å². The highest BCUT2D eigenvalue weighted by Crippen LogP contribution is 2.37. The average Bonchev–Trinajstić information content (AvgIpc) is 2.89. The lowest BCUT2D eigenvalue weighted by atomic mass is 10.1. The third-order valence-electron chi connectivity index (χ3n) is 4.88. The number of aromatic nitrogens is 1. The Kier molecular flexibility index (Phi) is 5.24. The van der Waals surface area contributed by atoms with Crippen LogP contribution >= 0.6 is 0 Å². The van der Waals surface area contributed by atoms with Gasteiger partial charge in [-0.2, -0.15) is 13.2 Å². The van der Waals surface area contributed by atoms with Gasteiger partial charge in [-0.05, 0) is 45.7 Å². The van der Waals surface area contributed by atoms with Crippen LogP contribution in [0.3, 0.4) is 0 Å². The van der Waals surface area contributed by atoms with Crippen molar-refractivity contribution in [2.45, 2.75) is 70.5 Å². The van der Waals surface area contributed by atoms with E-state index in [4.69, 9.17) is 4.74 Å². The fourth-order valence-corrected chi connectivity index (χ4v) is 3.84. The molecule has 3 atom stereocenters. The first-order chi connectivity index (χ1) is 12.8. The van der Waals surface area contributed by atoms with Crippen molar-refractivity contribution >= 4 is 11.9 Å². The highest BCUT2D eigenvalue weighted by Gasteiger charge is 2.42. The average molecular weight is 401 g/mol. The maximum atomic E-state index is 12.6. The zero-order valence-corrected chi connectivity index (χ0v) is 16.5. The lowest BCUT2D eigenvalue weighted by Gasteiger charge is -2.43. The van der Waals surface area contributed by atoms with Crippen molar-refractivity contribution in [2.24, 2.45) is 0 Å². The van der Waals surface area contributed by atoms with E-state index in [1.807, 2.05) is 32.6 Å². The summed E-state index contributed by atoms with van der Waals surface area (Å²) in [5, 5.41) is 9.90. The van der Waals surface area contributed by atoms with Gasteiger partial charge in [0.1, 0.15) is 17.5 Å². The predicted molar refractivity (Wildman–Crippen MR) is 97.1 cm³/mol. The maximum Gasteiger partial charge on any atom is 0.410 e. The summed E-state index contributed by atoms with van der Waals surface area (Å²) in [4.78, 5) is 20.5. The Morgan fingerprint density at radius 3 is 2.61 bits per heavy atom. The van der Waals surface area contributed by atoms with Gasteiger partial charge in [-0.1, -0.05) is 6.07 Å². The Labute approximate surface area is 162 Å². The fourth-order valence-electron chi connectivity index (χ4n) is 3.84. The lowest BCUT2D eigenvalue weighted by Crippen LogP contribution is -2.58. The Hall–Kier alpha value is -2.03. The van der Waals surface area contributed by atoms with Crippen LogP contribution < -0.4 is 4.90 Å². The van der Waals surface area contributed by atoms with Crippen LogP contribution in [0.4, 0.5) is 23.8 Å². The van der Waals surface area contributed by atoms with E-state index in [0.29, 0.717) is 25.3 Å². The molecule has 6 nitrogen and oxygen atoms in total. The highest BCUT2D eigenvalue weighted by atomic mass is 19.4. The molecular formula is C19H26F3N3O3. The van der Waals surface area contributed by atoms with Crippen LogP contribution in [0.5, 0.6) is 0 Å². The van der Waals surface area contributed by atoms with Crippen molar-refractivity contribution in [3.63, 3.8) is 0 Å². The van der Waals surface area contributed by atoms with E-state index in [9.17, 15) is 23.1 Å². The zero-order chi connectivity index (χ0) is 20.9. The minimum absolute atomic E-state index is 0.0125. The Balaban J connectivity index is 1.77. The van der Waals surface area contributed by atoms with Gasteiger partial charge in [0.2, 0.25) is 0 Å². The lowest BCUT2D eigenvalue weighted by molar-refractivity contribution is -0.154. The van der Waals surface area contributed by atoms with Crippen molar-refractivity contribution < 1.29 is 27.8 Å². The number of pyridine rings is 1. The molecule has 1 amide bonds. The molecule has 156 valence electrons. The third-order valence-corrected chi connectivity index (χ3v) is 4.88. The number of aliphatic hydroxyl groups excluding tert-OH is 1. The Bertz CT molecular complexity index is 748. The summed E-state index contributed by atoms with van der Waals surface area (Å²) in [7, 11) is 0. The summed E-state index contributed by atoms with van der Waals surface area (Å²) in [6.07, 6.45) is -7.22. The van der Waals surface area contributed by atoms with Crippen molar-refractivity contribution in [1.82, 2.24) is 9.88 Å². The van der Waals surface area contributed by atoms with Gasteiger partial charge in [0, 0.05) is 19.1 Å². The molecule has 1 N–H and O–H groups in total. The van der Waals surface area contributed by atoms with E-state index in [2.05, 4.69) is 4.98 Å². The molecule has 1 fully saturated rings. The molecule has 0 saturated carbocycles. The monoisotopic (exact) mass is 401 g/mol. The first kappa shape index (κ1) is 20.7. The summed E-state index contributed by atoms with van der Waals surface area (Å²) < 4.78 is 43.2. The van der Waals surface area contributed by atoms with Crippen molar-refractivity contribution in [2.75, 3.05) is 18.0 Å². The molecule has 0 spiro atoms. The number of carbonyl (C=O) groups is 1. The normalized spacial score (nSPS) is 23.3. The molecule has 0 radical (unpaired) electrons. The van der Waals surface area contributed by atoms with Gasteiger partial charge in [-0.3, -0.25) is 0 Å². The largest absolute Gasteiger partial charge is 0.444 e. The number of hydrogen-bond donors (Lipinski definition) is 1. The Morgan fingerprint density at radius 1 is 1.32 bits per heavy atom. The molecule has 1 aromatic heterocycles. The van der Waals surface area contributed by atoms with Crippen molar-refractivity contribution in [3.8, 4) is 0 Å². The quantitative estimate of drug-likeness (QED) is 0.823. The van der Waals surface area contributed by atoms with E-state index < -0.39 is 24.3 Å². The number of halogens is 3. The van der Waals surface area contributed by atoms with Crippen LogP contribution in [0.1, 0.15) is 51.5 Å². The Morgan fingerprint density at radius 2 is 2.00 bits per heavy atom. The molecule has 28 heavy (non-hydrogen) atoms. The molecule has 2 aliphatic heterocycles. The van der Waals surface area contributed by atoms with Gasteiger partial charge in [0.05, 0.1) is 18.2 Å². The standard InChI is InChI=1S/C19H26F3N3O3/c1-11-9-24(17(27)28-18(2,3)4)10-13-7-12-5-6-14(23-16(12)25(11)13)15(26)8-19(20,21)22/h5-6,11,13,15,26H,7-10H2,1-4H3/t11-,13-,15-/m1/s1. The van der Waals surface area contributed by atoms with Gasteiger partial charge < -0.3 is 19.6 Å². The van der Waals surface area contributed by atoms with E-state index in [1.54, 1.807) is 11.0 Å². The van der Waals surface area contributed by atoms with Crippen LogP contribution in [0.25, 0.3) is 0 Å². The second kappa shape index (κ2) is 7.09. The fraction of sp³-hybridized carbons (Fsp3) is 0.684. The number of hydrogen-bond acceptors (Lipinski definition) is 5. The summed E-state index contributed by atoms with van der Waals surface area (Å²) in [6, 6.07) is 3.08. The number of amides is 1. The molecule has 3 heterocycles. The molecule has 0 bridgehead atoms. The van der Waals surface area contributed by atoms with Crippen LogP contribution in [0.2, 0.25) is 0 Å². The zero-order valence-electron chi connectivity index (χ0n) is 16.5. The van der Waals surface area contributed by atoms with Gasteiger partial charge in [-0.25, -0.2) is 9.78 Å². The molecule has 2 aliphatic rings. The second-order valence-corrected chi connectivity index (χ2v) is 8.55. The molecular weight excluding hydrogens is 375 g/mol. The highest BCUT2D eigenvalue weighted by molar-refractivity contribution is 5.69. The molecule has 0 unspecified atom stereocenters. The molecule has 9 heteroatoms. The van der Waals surface area contributed by atoms with E-state index in [1.165, 1.54) is 6.07 Å². The molecule has 1 aromatic rings. The summed E-state index contributed by atoms with van der Waals surface area (Å²) in [5.41, 5.74) is 0.339. The predicted octanol–water partition coefficient (Wildman–Crippen LogP) is 3.44. The summed E-state index contributed by atoms with van der Waals surface area (Å²) in [5.74, 6) is 0.597. The number of fused-ring (bicyclic) bond motifs is 3. The third kappa shape index (κ3) is 4.51. The van der Waals surface area contributed by atoms with E-state index in [0.717, 1.165) is 5.56 Å². The van der Waals surface area contributed by atoms with Gasteiger partial charge in [-0.15, -0.1) is 0 Å². The van der Waals surface area contributed by atoms with Crippen LogP contribution in [0, 0.1) is 0 Å². The smallest absolute Gasteiger partial charge is 0.410 e. The first-order valence-electron chi connectivity index (χ1n) is 9.35. The first-order valence-corrected chi connectivity index (χ1v) is 9.35. The van der Waals surface area contributed by atoms with E-state index >= 15 is 0 Å². The summed E-state index contributed by atoms with van der Waals surface area (Å²) >= 11 is 0. The van der Waals surface area contributed by atoms with Gasteiger partial charge in [0.15, 0.2) is 0 Å². The van der Waals surface area contributed by atoms with Crippen LogP contribution in [-0.4, -0.2) is 58.0 Å². The van der Waals surface area contributed by atoms with E-state index in [-0.39, 0.29) is 23.9 Å². The number of anilines is 1. The SMILES string of the molecule is C[C@@H]1CN(C(=O)OC(C)(C)C)C[C@H]2Cc3ccc([C@H](O)CC(F)(F)F)nc3N21. The van der Waals surface area contributed by atoms with Crippen molar-refractivity contribution in [1.29, 1.82) is 0 Å². The molecule has 3 rings (SSSR count). The minimum atomic E-state index is -4.46. The van der Waals surface area contributed by atoms with Gasteiger partial charge >= 0.3 is 12.3 Å². The molecule has 0 aromatic carbocycles. The molecule has 0 aliphatic carbocycles. The minimum Gasteiger partial charge on any atom is -0.444 e.